The Bertz CT molecular complexity index is 1290. The molecule has 10 heteroatoms. The zero-order valence-corrected chi connectivity index (χ0v) is 17.0. The van der Waals surface area contributed by atoms with Crippen molar-refractivity contribution in [2.45, 2.75) is 5.54 Å². The van der Waals surface area contributed by atoms with Crippen LogP contribution < -0.4 is 17.0 Å². The van der Waals surface area contributed by atoms with Gasteiger partial charge < -0.3 is 5.73 Å². The summed E-state index contributed by atoms with van der Waals surface area (Å²) in [5.74, 6) is 0. The van der Waals surface area contributed by atoms with Gasteiger partial charge in [0.15, 0.2) is 0 Å². The van der Waals surface area contributed by atoms with E-state index in [-0.39, 0.29) is 0 Å². The number of benzene rings is 2. The molecule has 146 valence electrons. The summed E-state index contributed by atoms with van der Waals surface area (Å²) in [5.41, 5.74) is 6.24. The average Bonchev–Trinajstić information content (AvgIpc) is 3.23. The summed E-state index contributed by atoms with van der Waals surface area (Å²) in [7, 11) is 0. The fourth-order valence-corrected chi connectivity index (χ4v) is 4.25. The largest absolute Gasteiger partial charge is 0.349 e. The van der Waals surface area contributed by atoms with Gasteiger partial charge in [-0.25, -0.2) is 9.78 Å². The van der Waals surface area contributed by atoms with Gasteiger partial charge in [-0.2, -0.15) is 9.78 Å². The number of H-pyrrole nitrogens is 1. The van der Waals surface area contributed by atoms with E-state index in [4.69, 9.17) is 28.9 Å². The molecule has 0 aliphatic carbocycles. The molecule has 0 radical (unpaired) electrons. The highest BCUT2D eigenvalue weighted by molar-refractivity contribution is 7.09. The molecule has 2 aromatic carbocycles. The summed E-state index contributed by atoms with van der Waals surface area (Å²) in [6, 6.07) is 12.1. The molecule has 29 heavy (non-hydrogen) atoms. The molecule has 0 amide bonds. The Balaban J connectivity index is 1.89. The molecule has 4 aromatic rings. The van der Waals surface area contributed by atoms with Crippen LogP contribution in [0, 0.1) is 0 Å². The molecule has 2 aromatic heterocycles. The van der Waals surface area contributed by atoms with Gasteiger partial charge in [-0.3, -0.25) is 9.78 Å². The Labute approximate surface area is 178 Å². The van der Waals surface area contributed by atoms with Crippen LogP contribution in [0.25, 0.3) is 5.69 Å². The molecule has 0 saturated heterocycles. The molecular weight excluding hydrogens is 433 g/mol. The van der Waals surface area contributed by atoms with Gasteiger partial charge in [-0.1, -0.05) is 41.4 Å². The van der Waals surface area contributed by atoms with Crippen LogP contribution in [-0.2, 0) is 5.54 Å². The van der Waals surface area contributed by atoms with Gasteiger partial charge in [0.25, 0.3) is 5.56 Å². The number of aromatic amines is 1. The molecule has 1 atom stereocenters. The van der Waals surface area contributed by atoms with Gasteiger partial charge in [0, 0.05) is 27.2 Å². The van der Waals surface area contributed by atoms with Crippen molar-refractivity contribution in [1.82, 2.24) is 19.7 Å². The Hall–Kier alpha value is -2.78. The van der Waals surface area contributed by atoms with Gasteiger partial charge in [0.2, 0.25) is 0 Å². The Morgan fingerprint density at radius 2 is 1.86 bits per heavy atom. The molecule has 0 aliphatic rings. The Kier molecular flexibility index (Phi) is 5.10. The minimum Gasteiger partial charge on any atom is -0.312 e. The number of hydrogen-bond acceptors (Lipinski definition) is 6. The fourth-order valence-electron chi connectivity index (χ4n) is 3.02. The number of nitrogens with zero attached hydrogens (tertiary/aromatic N) is 3. The predicted molar refractivity (Wildman–Crippen MR) is 113 cm³/mol. The summed E-state index contributed by atoms with van der Waals surface area (Å²) in [4.78, 5) is 29.8. The molecule has 0 bridgehead atoms. The van der Waals surface area contributed by atoms with E-state index in [0.717, 1.165) is 16.4 Å². The second-order valence-corrected chi connectivity index (χ2v) is 7.91. The van der Waals surface area contributed by atoms with Crippen LogP contribution in [-0.4, -0.2) is 19.7 Å². The van der Waals surface area contributed by atoms with E-state index in [1.807, 2.05) is 17.5 Å². The number of hydrogen-bond donors (Lipinski definition) is 2. The van der Waals surface area contributed by atoms with Crippen LogP contribution in [0.15, 0.2) is 69.8 Å². The number of thiazole rings is 1. The first-order chi connectivity index (χ1) is 13.9. The van der Waals surface area contributed by atoms with E-state index in [9.17, 15) is 9.59 Å². The van der Waals surface area contributed by atoms with Crippen molar-refractivity contribution in [3.05, 3.63) is 107 Å². The number of rotatable bonds is 4. The van der Waals surface area contributed by atoms with Crippen LogP contribution in [0.5, 0.6) is 0 Å². The summed E-state index contributed by atoms with van der Waals surface area (Å²) < 4.78 is 1.04. The van der Waals surface area contributed by atoms with Gasteiger partial charge in [0.05, 0.1) is 5.69 Å². The van der Waals surface area contributed by atoms with Gasteiger partial charge >= 0.3 is 5.69 Å². The molecule has 0 fully saturated rings. The maximum absolute atomic E-state index is 12.0. The second-order valence-electron chi connectivity index (χ2n) is 6.17. The van der Waals surface area contributed by atoms with E-state index in [1.54, 1.807) is 36.5 Å². The molecular formula is C19H13Cl2N5O2S. The first-order valence-electron chi connectivity index (χ1n) is 8.33. The van der Waals surface area contributed by atoms with E-state index in [1.165, 1.54) is 11.3 Å². The molecule has 1 unspecified atom stereocenters. The minimum atomic E-state index is -1.13. The van der Waals surface area contributed by atoms with Crippen molar-refractivity contribution in [2.24, 2.45) is 5.73 Å². The molecule has 2 heterocycles. The lowest BCUT2D eigenvalue weighted by Crippen LogP contribution is -2.39. The average molecular weight is 446 g/mol. The van der Waals surface area contributed by atoms with Crippen molar-refractivity contribution in [2.75, 3.05) is 0 Å². The molecule has 0 aliphatic heterocycles. The number of nitrogens with two attached hydrogens (primary N) is 1. The van der Waals surface area contributed by atoms with E-state index in [2.05, 4.69) is 15.1 Å². The van der Waals surface area contributed by atoms with E-state index in [0.29, 0.717) is 26.3 Å². The van der Waals surface area contributed by atoms with E-state index < -0.39 is 16.8 Å². The lowest BCUT2D eigenvalue weighted by molar-refractivity contribution is 0.646. The maximum atomic E-state index is 12.0. The first-order valence-corrected chi connectivity index (χ1v) is 9.97. The molecule has 4 rings (SSSR count). The Morgan fingerprint density at radius 1 is 1.10 bits per heavy atom. The SMILES string of the molecule is NC(c1ccc(Cl)cc1)(c1nccs1)c1ccc(-n2ncc(=O)[nH]c2=O)cc1Cl. The summed E-state index contributed by atoms with van der Waals surface area (Å²) >= 11 is 14.0. The van der Waals surface area contributed by atoms with Crippen molar-refractivity contribution in [1.29, 1.82) is 0 Å². The fraction of sp³-hybridized carbons (Fsp3) is 0.0526. The van der Waals surface area contributed by atoms with Crippen molar-refractivity contribution < 1.29 is 0 Å². The lowest BCUT2D eigenvalue weighted by atomic mass is 9.84. The molecule has 0 saturated carbocycles. The highest BCUT2D eigenvalue weighted by Crippen LogP contribution is 2.39. The van der Waals surface area contributed by atoms with E-state index >= 15 is 0 Å². The predicted octanol–water partition coefficient (Wildman–Crippen LogP) is 2.93. The zero-order valence-electron chi connectivity index (χ0n) is 14.7. The zero-order chi connectivity index (χ0) is 20.6. The first kappa shape index (κ1) is 19.5. The molecule has 3 N–H and O–H groups in total. The van der Waals surface area contributed by atoms with Crippen molar-refractivity contribution >= 4 is 34.5 Å². The number of aromatic nitrogens is 4. The van der Waals surface area contributed by atoms with Crippen molar-refractivity contribution in [3.8, 4) is 5.69 Å². The number of nitrogens with one attached hydrogen (secondary N) is 1. The van der Waals surface area contributed by atoms with Crippen LogP contribution in [0.3, 0.4) is 0 Å². The van der Waals surface area contributed by atoms with Crippen LogP contribution in [0.1, 0.15) is 16.1 Å². The Morgan fingerprint density at radius 3 is 2.48 bits per heavy atom. The standard InChI is InChI=1S/C19H13Cl2N5O2S/c20-12-3-1-11(2-4-12)19(22,17-23-7-8-29-17)14-6-5-13(9-15(14)21)26-18(28)25-16(27)10-24-26/h1-10H,22H2,(H,25,27,28). The summed E-state index contributed by atoms with van der Waals surface area (Å²) in [6.07, 6.45) is 2.68. The molecule has 7 nitrogen and oxygen atoms in total. The van der Waals surface area contributed by atoms with Crippen LogP contribution in [0.2, 0.25) is 10.0 Å². The topological polar surface area (TPSA) is 107 Å². The number of halogens is 2. The van der Waals surface area contributed by atoms with Gasteiger partial charge in [-0.05, 0) is 29.8 Å². The third kappa shape index (κ3) is 3.51. The summed E-state index contributed by atoms with van der Waals surface area (Å²) in [6.45, 7) is 0. The minimum absolute atomic E-state index is 0.315. The second kappa shape index (κ2) is 7.57. The van der Waals surface area contributed by atoms with Gasteiger partial charge in [-0.15, -0.1) is 11.3 Å². The third-order valence-electron chi connectivity index (χ3n) is 4.40. The summed E-state index contributed by atoms with van der Waals surface area (Å²) in [5, 5.41) is 7.22. The van der Waals surface area contributed by atoms with Crippen LogP contribution in [0.4, 0.5) is 0 Å². The molecule has 0 spiro atoms. The maximum Gasteiger partial charge on any atom is 0.349 e. The van der Waals surface area contributed by atoms with Crippen LogP contribution >= 0.6 is 34.5 Å². The quantitative estimate of drug-likeness (QED) is 0.502. The van der Waals surface area contributed by atoms with Gasteiger partial charge in [0.1, 0.15) is 16.7 Å². The van der Waals surface area contributed by atoms with Crippen molar-refractivity contribution in [3.63, 3.8) is 0 Å². The third-order valence-corrected chi connectivity index (χ3v) is 5.88. The highest BCUT2D eigenvalue weighted by atomic mass is 35.5. The highest BCUT2D eigenvalue weighted by Gasteiger charge is 2.36. The lowest BCUT2D eigenvalue weighted by Gasteiger charge is -2.30. The smallest absolute Gasteiger partial charge is 0.312 e. The monoisotopic (exact) mass is 445 g/mol. The normalized spacial score (nSPS) is 13.2.